The fourth-order valence-electron chi connectivity index (χ4n) is 2.57. The normalized spacial score (nSPS) is 11.5. The Kier molecular flexibility index (Phi) is 5.03. The highest BCUT2D eigenvalue weighted by Crippen LogP contribution is 2.22. The van der Waals surface area contributed by atoms with Gasteiger partial charge in [-0.1, -0.05) is 17.4 Å². The van der Waals surface area contributed by atoms with Crippen LogP contribution < -0.4 is 14.5 Å². The van der Waals surface area contributed by atoms with Crippen molar-refractivity contribution in [2.75, 3.05) is 22.4 Å². The van der Waals surface area contributed by atoms with Crippen molar-refractivity contribution in [3.63, 3.8) is 0 Å². The summed E-state index contributed by atoms with van der Waals surface area (Å²) in [5, 5.41) is 2.61. The molecule has 0 saturated heterocycles. The number of carbonyl (C=O) groups is 1. The topological polar surface area (TPSA) is 88.5 Å². The number of fused-ring (bicyclic) bond motifs is 1. The number of nitrogens with one attached hydrogen (secondary N) is 1. The second kappa shape index (κ2) is 7.12. The van der Waals surface area contributed by atoms with Crippen LogP contribution in [0.3, 0.4) is 0 Å². The molecule has 1 N–H and O–H groups in total. The maximum atomic E-state index is 13.4. The summed E-state index contributed by atoms with van der Waals surface area (Å²) in [5.41, 5.74) is 1.23. The standard InChI is InChI=1S/C17H16FN3O4S2/c1-20-14-7-6-12(9-15(14)26-17(20)23)19-16(22)10-21(27(2,24)25)13-5-3-4-11(18)8-13/h3-9H,10H2,1-2H3,(H,19,22). The SMILES string of the molecule is Cn1c(=O)sc2cc(NC(=O)CN(c3cccc(F)c3)S(C)(=O)=O)ccc21. The van der Waals surface area contributed by atoms with Crippen LogP contribution in [0.15, 0.2) is 47.3 Å². The first-order valence-electron chi connectivity index (χ1n) is 7.78. The van der Waals surface area contributed by atoms with Crippen LogP contribution in [0.4, 0.5) is 15.8 Å². The number of hydrogen-bond donors (Lipinski definition) is 1. The van der Waals surface area contributed by atoms with Crippen LogP contribution in [-0.2, 0) is 21.9 Å². The fraction of sp³-hybridized carbons (Fsp3) is 0.176. The molecular formula is C17H16FN3O4S2. The van der Waals surface area contributed by atoms with Crippen molar-refractivity contribution in [3.8, 4) is 0 Å². The number of rotatable bonds is 5. The number of aryl methyl sites for hydroxylation is 1. The molecule has 27 heavy (non-hydrogen) atoms. The number of anilines is 2. The first kappa shape index (κ1) is 19.1. The molecule has 1 amide bonds. The Hall–Kier alpha value is -2.72. The molecule has 1 aromatic heterocycles. The van der Waals surface area contributed by atoms with Crippen LogP contribution in [0.25, 0.3) is 10.2 Å². The van der Waals surface area contributed by atoms with E-state index in [-0.39, 0.29) is 10.6 Å². The van der Waals surface area contributed by atoms with Gasteiger partial charge in [-0.3, -0.25) is 13.9 Å². The first-order chi connectivity index (χ1) is 12.6. The average molecular weight is 409 g/mol. The molecule has 3 rings (SSSR count). The molecule has 0 fully saturated rings. The number of sulfonamides is 1. The molecule has 0 radical (unpaired) electrons. The highest BCUT2D eigenvalue weighted by Gasteiger charge is 2.21. The molecule has 0 aliphatic heterocycles. The molecule has 0 aliphatic carbocycles. The largest absolute Gasteiger partial charge is 0.324 e. The highest BCUT2D eigenvalue weighted by atomic mass is 32.2. The summed E-state index contributed by atoms with van der Waals surface area (Å²) in [6.07, 6.45) is 0.943. The monoisotopic (exact) mass is 409 g/mol. The smallest absolute Gasteiger partial charge is 0.307 e. The van der Waals surface area contributed by atoms with Crippen molar-refractivity contribution in [2.45, 2.75) is 0 Å². The van der Waals surface area contributed by atoms with Gasteiger partial charge in [0.25, 0.3) is 0 Å². The minimum Gasteiger partial charge on any atom is -0.324 e. The summed E-state index contributed by atoms with van der Waals surface area (Å²) < 4.78 is 40.5. The van der Waals surface area contributed by atoms with Gasteiger partial charge in [0, 0.05) is 12.7 Å². The Labute approximate surface area is 158 Å². The van der Waals surface area contributed by atoms with Gasteiger partial charge < -0.3 is 9.88 Å². The molecule has 0 unspecified atom stereocenters. The second-order valence-corrected chi connectivity index (χ2v) is 8.81. The number of hydrogen-bond acceptors (Lipinski definition) is 5. The fourth-order valence-corrected chi connectivity index (χ4v) is 4.34. The van der Waals surface area contributed by atoms with Gasteiger partial charge in [-0.05, 0) is 36.4 Å². The molecule has 2 aromatic carbocycles. The molecule has 0 bridgehead atoms. The number of amides is 1. The van der Waals surface area contributed by atoms with Gasteiger partial charge in [0.05, 0.1) is 22.2 Å². The van der Waals surface area contributed by atoms with Gasteiger partial charge >= 0.3 is 4.87 Å². The molecule has 142 valence electrons. The van der Waals surface area contributed by atoms with E-state index in [1.54, 1.807) is 25.2 Å². The Morgan fingerprint density at radius 3 is 2.67 bits per heavy atom. The summed E-state index contributed by atoms with van der Waals surface area (Å²) in [6.45, 7) is -0.509. The number of thiazole rings is 1. The molecular weight excluding hydrogens is 393 g/mol. The van der Waals surface area contributed by atoms with E-state index >= 15 is 0 Å². The van der Waals surface area contributed by atoms with Crippen LogP contribution in [0.2, 0.25) is 0 Å². The summed E-state index contributed by atoms with van der Waals surface area (Å²) in [5.74, 6) is -1.20. The predicted octanol–water partition coefficient (Wildman–Crippen LogP) is 2.14. The molecule has 3 aromatic rings. The zero-order valence-electron chi connectivity index (χ0n) is 14.5. The number of nitrogens with zero attached hydrogens (tertiary/aromatic N) is 2. The number of halogens is 1. The highest BCUT2D eigenvalue weighted by molar-refractivity contribution is 7.92. The lowest BCUT2D eigenvalue weighted by molar-refractivity contribution is -0.114. The van der Waals surface area contributed by atoms with E-state index < -0.39 is 28.3 Å². The number of aromatic nitrogens is 1. The molecule has 7 nitrogen and oxygen atoms in total. The van der Waals surface area contributed by atoms with Crippen molar-refractivity contribution in [1.29, 1.82) is 0 Å². The van der Waals surface area contributed by atoms with Crippen molar-refractivity contribution in [1.82, 2.24) is 4.57 Å². The summed E-state index contributed by atoms with van der Waals surface area (Å²) in [4.78, 5) is 23.9. The van der Waals surface area contributed by atoms with Crippen LogP contribution in [-0.4, -0.2) is 31.7 Å². The van der Waals surface area contributed by atoms with Gasteiger partial charge in [-0.15, -0.1) is 0 Å². The van der Waals surface area contributed by atoms with Crippen LogP contribution in [0.5, 0.6) is 0 Å². The number of carbonyl (C=O) groups excluding carboxylic acids is 1. The molecule has 0 saturated carbocycles. The van der Waals surface area contributed by atoms with E-state index in [0.717, 1.165) is 33.5 Å². The summed E-state index contributed by atoms with van der Waals surface area (Å²) in [7, 11) is -2.14. The summed E-state index contributed by atoms with van der Waals surface area (Å²) in [6, 6.07) is 9.97. The van der Waals surface area contributed by atoms with Crippen molar-refractivity contribution in [2.24, 2.45) is 7.05 Å². The predicted molar refractivity (Wildman–Crippen MR) is 104 cm³/mol. The lowest BCUT2D eigenvalue weighted by Gasteiger charge is -2.21. The minimum atomic E-state index is -3.80. The lowest BCUT2D eigenvalue weighted by atomic mass is 10.3. The lowest BCUT2D eigenvalue weighted by Crippen LogP contribution is -2.37. The maximum Gasteiger partial charge on any atom is 0.307 e. The van der Waals surface area contributed by atoms with Crippen LogP contribution in [0, 0.1) is 5.82 Å². The van der Waals surface area contributed by atoms with E-state index in [0.29, 0.717) is 10.4 Å². The van der Waals surface area contributed by atoms with Gasteiger partial charge in [0.15, 0.2) is 0 Å². The Morgan fingerprint density at radius 1 is 1.26 bits per heavy atom. The van der Waals surface area contributed by atoms with Gasteiger partial charge in [-0.2, -0.15) is 0 Å². The first-order valence-corrected chi connectivity index (χ1v) is 10.4. The Bertz CT molecular complexity index is 1180. The molecule has 0 aliphatic rings. The van der Waals surface area contributed by atoms with Gasteiger partial charge in [0.1, 0.15) is 12.4 Å². The van der Waals surface area contributed by atoms with Crippen LogP contribution in [0.1, 0.15) is 0 Å². The second-order valence-electron chi connectivity index (χ2n) is 5.91. The third-order valence-electron chi connectivity index (χ3n) is 3.86. The van der Waals surface area contributed by atoms with Gasteiger partial charge in [0.2, 0.25) is 15.9 Å². The third-order valence-corrected chi connectivity index (χ3v) is 6.00. The van der Waals surface area contributed by atoms with E-state index in [1.807, 2.05) is 0 Å². The maximum absolute atomic E-state index is 13.4. The zero-order chi connectivity index (χ0) is 19.8. The van der Waals surface area contributed by atoms with Crippen molar-refractivity contribution >= 4 is 48.9 Å². The summed E-state index contributed by atoms with van der Waals surface area (Å²) >= 11 is 1.04. The van der Waals surface area contributed by atoms with E-state index in [4.69, 9.17) is 0 Å². The molecule has 0 atom stereocenters. The molecule has 10 heteroatoms. The van der Waals surface area contributed by atoms with Crippen molar-refractivity contribution in [3.05, 3.63) is 57.9 Å². The van der Waals surface area contributed by atoms with Gasteiger partial charge in [-0.25, -0.2) is 12.8 Å². The van der Waals surface area contributed by atoms with E-state index in [1.165, 1.54) is 22.8 Å². The van der Waals surface area contributed by atoms with E-state index in [9.17, 15) is 22.4 Å². The molecule has 1 heterocycles. The van der Waals surface area contributed by atoms with Crippen LogP contribution >= 0.6 is 11.3 Å². The van der Waals surface area contributed by atoms with E-state index in [2.05, 4.69) is 5.32 Å². The third kappa shape index (κ3) is 4.17. The minimum absolute atomic E-state index is 0.0596. The van der Waals surface area contributed by atoms with Crippen molar-refractivity contribution < 1.29 is 17.6 Å². The quantitative estimate of drug-likeness (QED) is 0.699. The average Bonchev–Trinajstić information content (AvgIpc) is 2.85. The Balaban J connectivity index is 1.83. The Morgan fingerprint density at radius 2 is 2.00 bits per heavy atom. The molecule has 0 spiro atoms. The number of benzene rings is 2. The zero-order valence-corrected chi connectivity index (χ0v) is 16.1.